The van der Waals surface area contributed by atoms with Gasteiger partial charge in [-0.1, -0.05) is 23.5 Å². The van der Waals surface area contributed by atoms with Crippen LogP contribution in [0.1, 0.15) is 17.3 Å². The van der Waals surface area contributed by atoms with Crippen molar-refractivity contribution in [1.82, 2.24) is 24.7 Å². The molecule has 148 valence electrons. The van der Waals surface area contributed by atoms with E-state index in [0.29, 0.717) is 19.4 Å². The van der Waals surface area contributed by atoms with Crippen molar-refractivity contribution in [3.63, 3.8) is 0 Å². The van der Waals surface area contributed by atoms with Crippen LogP contribution in [0.15, 0.2) is 24.3 Å². The average molecular weight is 400 g/mol. The Hall–Kier alpha value is -2.52. The Balaban J connectivity index is 1.45. The molecule has 1 aliphatic rings. The number of anilines is 2. The normalized spacial score (nSPS) is 14.1. The highest BCUT2D eigenvalue weighted by Crippen LogP contribution is 2.33. The predicted octanol–water partition coefficient (Wildman–Crippen LogP) is 1.84. The smallest absolute Gasteiger partial charge is 0.234 e. The van der Waals surface area contributed by atoms with Gasteiger partial charge in [-0.05, 0) is 33.2 Å². The topological polar surface area (TPSA) is 69.9 Å². The quantitative estimate of drug-likeness (QED) is 0.630. The number of likely N-dealkylation sites (N-methyl/N-ethyl adjacent to an activating group) is 1. The molecule has 4 rings (SSSR count). The van der Waals surface area contributed by atoms with Gasteiger partial charge in [-0.3, -0.25) is 4.79 Å². The molecule has 0 fully saturated rings. The monoisotopic (exact) mass is 399 g/mol. The second-order valence-electron chi connectivity index (χ2n) is 7.26. The van der Waals surface area contributed by atoms with Gasteiger partial charge >= 0.3 is 0 Å². The number of hydrogen-bond acceptors (Lipinski definition) is 7. The van der Waals surface area contributed by atoms with Crippen molar-refractivity contribution in [3.05, 3.63) is 35.1 Å². The number of amides is 1. The summed E-state index contributed by atoms with van der Waals surface area (Å²) in [5, 5.41) is 13.5. The van der Waals surface area contributed by atoms with Gasteiger partial charge in [0.1, 0.15) is 5.01 Å². The number of rotatable bonds is 6. The summed E-state index contributed by atoms with van der Waals surface area (Å²) in [5.74, 6) is 0.911. The first-order valence-electron chi connectivity index (χ1n) is 9.50. The first kappa shape index (κ1) is 18.8. The van der Waals surface area contributed by atoms with Crippen LogP contribution in [0, 0.1) is 6.92 Å². The number of benzene rings is 1. The highest BCUT2D eigenvalue weighted by Gasteiger charge is 2.26. The largest absolute Gasteiger partial charge is 0.367 e. The fourth-order valence-corrected chi connectivity index (χ4v) is 4.32. The van der Waals surface area contributed by atoms with Crippen LogP contribution in [-0.4, -0.2) is 70.9 Å². The number of aromatic nitrogens is 4. The molecule has 0 spiro atoms. The maximum Gasteiger partial charge on any atom is 0.234 e. The summed E-state index contributed by atoms with van der Waals surface area (Å²) >= 11 is 1.50. The molecule has 1 aromatic carbocycles. The predicted molar refractivity (Wildman–Crippen MR) is 111 cm³/mol. The van der Waals surface area contributed by atoms with Crippen molar-refractivity contribution in [2.75, 3.05) is 50.1 Å². The fraction of sp³-hybridized carbons (Fsp3) is 0.474. The Bertz CT molecular complexity index is 980. The minimum Gasteiger partial charge on any atom is -0.367 e. The number of fused-ring (bicyclic) bond motifs is 2. The molecule has 1 aliphatic heterocycles. The molecular formula is C19H25N7OS. The van der Waals surface area contributed by atoms with Crippen LogP contribution in [0.25, 0.3) is 4.96 Å². The van der Waals surface area contributed by atoms with Crippen molar-refractivity contribution < 1.29 is 4.79 Å². The lowest BCUT2D eigenvalue weighted by atomic mass is 10.1. The molecule has 3 heterocycles. The van der Waals surface area contributed by atoms with Crippen molar-refractivity contribution in [1.29, 1.82) is 0 Å². The standard InChI is InChI=1S/C19H25N7OS/c1-14-20-21-19-26(14)22-17(28-19)8-9-18(27)25-13-12-24(11-10-23(2)3)15-6-4-5-7-16(15)25/h4-7H,8-13H2,1-3H3. The summed E-state index contributed by atoms with van der Waals surface area (Å²) in [7, 11) is 4.16. The van der Waals surface area contributed by atoms with Crippen molar-refractivity contribution in [2.45, 2.75) is 19.8 Å². The number of nitrogens with zero attached hydrogens (tertiary/aromatic N) is 7. The van der Waals surface area contributed by atoms with Crippen molar-refractivity contribution >= 4 is 33.6 Å². The minimum absolute atomic E-state index is 0.141. The number of carbonyl (C=O) groups excluding carboxylic acids is 1. The molecule has 8 nitrogen and oxygen atoms in total. The highest BCUT2D eigenvalue weighted by molar-refractivity contribution is 7.16. The van der Waals surface area contributed by atoms with Gasteiger partial charge in [-0.15, -0.1) is 10.2 Å². The molecule has 0 unspecified atom stereocenters. The zero-order valence-electron chi connectivity index (χ0n) is 16.5. The molecule has 28 heavy (non-hydrogen) atoms. The Morgan fingerprint density at radius 3 is 2.71 bits per heavy atom. The van der Waals surface area contributed by atoms with Gasteiger partial charge in [0.2, 0.25) is 10.9 Å². The lowest BCUT2D eigenvalue weighted by Crippen LogP contribution is -2.45. The van der Waals surface area contributed by atoms with Gasteiger partial charge in [0.15, 0.2) is 5.82 Å². The molecule has 0 radical (unpaired) electrons. The van der Waals surface area contributed by atoms with Crippen LogP contribution in [0.3, 0.4) is 0 Å². The van der Waals surface area contributed by atoms with Crippen LogP contribution in [0.5, 0.6) is 0 Å². The molecule has 0 N–H and O–H groups in total. The van der Waals surface area contributed by atoms with Crippen molar-refractivity contribution in [3.8, 4) is 0 Å². The van der Waals surface area contributed by atoms with E-state index in [0.717, 1.165) is 46.8 Å². The lowest BCUT2D eigenvalue weighted by Gasteiger charge is -2.38. The summed E-state index contributed by atoms with van der Waals surface area (Å²) in [6.07, 6.45) is 1.06. The van der Waals surface area contributed by atoms with Gasteiger partial charge in [0.05, 0.1) is 11.4 Å². The van der Waals surface area contributed by atoms with E-state index in [-0.39, 0.29) is 5.91 Å². The third kappa shape index (κ3) is 3.72. The highest BCUT2D eigenvalue weighted by atomic mass is 32.1. The third-order valence-corrected chi connectivity index (χ3v) is 5.92. The molecule has 9 heteroatoms. The van der Waals surface area contributed by atoms with Crippen LogP contribution in [0.2, 0.25) is 0 Å². The van der Waals surface area contributed by atoms with E-state index in [1.54, 1.807) is 4.52 Å². The molecule has 0 saturated heterocycles. The van der Waals surface area contributed by atoms with E-state index >= 15 is 0 Å². The van der Waals surface area contributed by atoms with E-state index in [4.69, 9.17) is 0 Å². The Kier molecular flexibility index (Phi) is 5.27. The molecule has 1 amide bonds. The minimum atomic E-state index is 0.141. The summed E-state index contributed by atoms with van der Waals surface area (Å²) in [5.41, 5.74) is 2.14. The molecule has 0 atom stereocenters. The van der Waals surface area contributed by atoms with Gasteiger partial charge in [-0.25, -0.2) is 0 Å². The number of carbonyl (C=O) groups is 1. The van der Waals surface area contributed by atoms with E-state index in [1.165, 1.54) is 11.3 Å². The second-order valence-corrected chi connectivity index (χ2v) is 8.30. The fourth-order valence-electron chi connectivity index (χ4n) is 3.44. The third-order valence-electron chi connectivity index (χ3n) is 4.97. The first-order chi connectivity index (χ1) is 13.5. The van der Waals surface area contributed by atoms with E-state index < -0.39 is 0 Å². The van der Waals surface area contributed by atoms with Crippen LogP contribution in [0.4, 0.5) is 11.4 Å². The van der Waals surface area contributed by atoms with Gasteiger partial charge in [0.25, 0.3) is 0 Å². The van der Waals surface area contributed by atoms with Crippen LogP contribution >= 0.6 is 11.3 Å². The Morgan fingerprint density at radius 2 is 1.96 bits per heavy atom. The maximum atomic E-state index is 13.0. The van der Waals surface area contributed by atoms with Crippen LogP contribution < -0.4 is 9.80 Å². The molecule has 2 aromatic heterocycles. The molecule has 3 aromatic rings. The average Bonchev–Trinajstić information content (AvgIpc) is 3.25. The number of aryl methyl sites for hydroxylation is 2. The SMILES string of the molecule is Cc1nnc2sc(CCC(=O)N3CCN(CCN(C)C)c4ccccc43)nn12. The Labute approximate surface area is 168 Å². The summed E-state index contributed by atoms with van der Waals surface area (Å²) in [4.78, 5) is 20.2. The summed E-state index contributed by atoms with van der Waals surface area (Å²) in [6.45, 7) is 5.39. The maximum absolute atomic E-state index is 13.0. The molecule has 0 saturated carbocycles. The second kappa shape index (κ2) is 7.84. The van der Waals surface area contributed by atoms with E-state index in [2.05, 4.69) is 45.3 Å². The van der Waals surface area contributed by atoms with Crippen LogP contribution in [-0.2, 0) is 11.2 Å². The zero-order chi connectivity index (χ0) is 19.7. The molecule has 0 aliphatic carbocycles. The van der Waals surface area contributed by atoms with Crippen molar-refractivity contribution in [2.24, 2.45) is 0 Å². The van der Waals surface area contributed by atoms with Gasteiger partial charge < -0.3 is 14.7 Å². The van der Waals surface area contributed by atoms with E-state index in [9.17, 15) is 4.79 Å². The zero-order valence-corrected chi connectivity index (χ0v) is 17.3. The Morgan fingerprint density at radius 1 is 1.18 bits per heavy atom. The number of hydrogen-bond donors (Lipinski definition) is 0. The lowest BCUT2D eigenvalue weighted by molar-refractivity contribution is -0.118. The molecule has 0 bridgehead atoms. The summed E-state index contributed by atoms with van der Waals surface area (Å²) in [6, 6.07) is 8.19. The first-order valence-corrected chi connectivity index (χ1v) is 10.3. The molecular weight excluding hydrogens is 374 g/mol. The van der Waals surface area contributed by atoms with Gasteiger partial charge in [0, 0.05) is 39.0 Å². The van der Waals surface area contributed by atoms with Gasteiger partial charge in [-0.2, -0.15) is 9.61 Å². The number of para-hydroxylation sites is 2. The van der Waals surface area contributed by atoms with E-state index in [1.807, 2.05) is 30.0 Å². The summed E-state index contributed by atoms with van der Waals surface area (Å²) < 4.78 is 1.74.